The molecule has 1 fully saturated rings. The summed E-state index contributed by atoms with van der Waals surface area (Å²) < 4.78 is 5.53. The van der Waals surface area contributed by atoms with Crippen molar-refractivity contribution in [3.63, 3.8) is 0 Å². The topological polar surface area (TPSA) is 51.2 Å². The lowest BCUT2D eigenvalue weighted by molar-refractivity contribution is -0.154. The maximum absolute atomic E-state index is 12.4. The van der Waals surface area contributed by atoms with E-state index in [4.69, 9.17) is 4.74 Å². The van der Waals surface area contributed by atoms with Crippen LogP contribution in [0.5, 0.6) is 0 Å². The summed E-state index contributed by atoms with van der Waals surface area (Å²) in [4.78, 5) is 16.9. The van der Waals surface area contributed by atoms with E-state index in [-0.39, 0.29) is 23.5 Å². The second-order valence-corrected chi connectivity index (χ2v) is 8.35. The number of thiophene rings is 1. The molecule has 23 heavy (non-hydrogen) atoms. The third kappa shape index (κ3) is 3.07. The number of hydrogen-bond donors (Lipinski definition) is 1. The Kier molecular flexibility index (Phi) is 4.58. The van der Waals surface area contributed by atoms with Crippen molar-refractivity contribution in [1.82, 2.24) is 10.3 Å². The molecule has 1 aliphatic carbocycles. The quantitative estimate of drug-likeness (QED) is 0.896. The molecule has 124 valence electrons. The Morgan fingerprint density at radius 1 is 1.43 bits per heavy atom. The summed E-state index contributed by atoms with van der Waals surface area (Å²) in [7, 11) is 1.74. The van der Waals surface area contributed by atoms with Crippen LogP contribution in [0.2, 0.25) is 0 Å². The molecule has 0 aliphatic heterocycles. The van der Waals surface area contributed by atoms with Crippen LogP contribution >= 0.6 is 22.7 Å². The molecule has 0 bridgehead atoms. The first kappa shape index (κ1) is 16.6. The van der Waals surface area contributed by atoms with E-state index < -0.39 is 0 Å². The number of nitrogens with zero attached hydrogens (tertiary/aromatic N) is 1. The van der Waals surface area contributed by atoms with Gasteiger partial charge in [-0.25, -0.2) is 4.98 Å². The Morgan fingerprint density at radius 3 is 2.83 bits per heavy atom. The first-order valence-corrected chi connectivity index (χ1v) is 9.55. The van der Waals surface area contributed by atoms with Gasteiger partial charge >= 0.3 is 0 Å². The number of nitrogens with one attached hydrogen (secondary N) is 1. The molecule has 2 aromatic heterocycles. The van der Waals surface area contributed by atoms with Crippen molar-refractivity contribution in [1.29, 1.82) is 0 Å². The number of carbonyl (C=O) groups is 1. The minimum Gasteiger partial charge on any atom is -0.380 e. The third-order valence-electron chi connectivity index (χ3n) is 4.77. The van der Waals surface area contributed by atoms with Gasteiger partial charge in [0.25, 0.3) is 0 Å². The average Bonchev–Trinajstić information content (AvgIpc) is 3.15. The van der Waals surface area contributed by atoms with Crippen molar-refractivity contribution in [2.24, 2.45) is 11.3 Å². The highest BCUT2D eigenvalue weighted by Gasteiger charge is 2.55. The zero-order chi connectivity index (χ0) is 16.6. The first-order chi connectivity index (χ1) is 10.9. The van der Waals surface area contributed by atoms with E-state index in [2.05, 4.69) is 42.5 Å². The fraction of sp³-hybridized carbons (Fsp3) is 0.529. The average molecular weight is 351 g/mol. The predicted octanol–water partition coefficient (Wildman–Crippen LogP) is 3.59. The largest absolute Gasteiger partial charge is 0.380 e. The summed E-state index contributed by atoms with van der Waals surface area (Å²) in [5.41, 5.74) is 1.93. The van der Waals surface area contributed by atoms with E-state index in [0.29, 0.717) is 12.3 Å². The van der Waals surface area contributed by atoms with Crippen LogP contribution in [0.15, 0.2) is 22.2 Å². The van der Waals surface area contributed by atoms with Crippen LogP contribution in [0.3, 0.4) is 0 Å². The zero-order valence-electron chi connectivity index (χ0n) is 13.8. The number of thiazole rings is 1. The Bertz CT molecular complexity index is 679. The summed E-state index contributed by atoms with van der Waals surface area (Å²) in [5.74, 6) is 0.363. The van der Waals surface area contributed by atoms with Crippen LogP contribution in [-0.2, 0) is 16.0 Å². The van der Waals surface area contributed by atoms with Crippen molar-refractivity contribution >= 4 is 28.6 Å². The number of methoxy groups -OCH3 is 1. The molecule has 2 aromatic rings. The molecule has 1 N–H and O–H groups in total. The molecule has 0 saturated heterocycles. The molecule has 1 aliphatic rings. The fourth-order valence-electron chi connectivity index (χ4n) is 3.72. The summed E-state index contributed by atoms with van der Waals surface area (Å²) in [6, 6.07) is 2.20. The van der Waals surface area contributed by atoms with E-state index in [1.165, 1.54) is 0 Å². The fourth-order valence-corrected chi connectivity index (χ4v) is 5.25. The molecular formula is C17H22N2O2S2. The van der Waals surface area contributed by atoms with Crippen molar-refractivity contribution in [3.05, 3.63) is 27.9 Å². The Balaban J connectivity index is 1.60. The number of rotatable bonds is 5. The Hall–Kier alpha value is -1.24. The molecule has 3 rings (SSSR count). The van der Waals surface area contributed by atoms with Crippen LogP contribution < -0.4 is 5.32 Å². The molecule has 1 amide bonds. The number of amides is 1. The molecule has 2 heterocycles. The standard InChI is InChI=1S/C17H22N2O2S2/c1-10-14(17(2,3)15(10)21-4)19-13(20)7-12-9-23-16(18-12)11-5-6-22-8-11/h5-6,8-10,14-15H,7H2,1-4H3,(H,19,20). The van der Waals surface area contributed by atoms with Gasteiger partial charge in [0.15, 0.2) is 0 Å². The van der Waals surface area contributed by atoms with Gasteiger partial charge in [-0.05, 0) is 11.4 Å². The van der Waals surface area contributed by atoms with Gasteiger partial charge in [-0.15, -0.1) is 11.3 Å². The molecule has 6 heteroatoms. The molecule has 0 radical (unpaired) electrons. The van der Waals surface area contributed by atoms with E-state index in [0.717, 1.165) is 16.3 Å². The van der Waals surface area contributed by atoms with Gasteiger partial charge < -0.3 is 10.1 Å². The van der Waals surface area contributed by atoms with Crippen molar-refractivity contribution in [3.8, 4) is 10.6 Å². The van der Waals surface area contributed by atoms with Crippen LogP contribution in [0, 0.1) is 11.3 Å². The Labute approximate surface area is 144 Å². The van der Waals surface area contributed by atoms with Crippen molar-refractivity contribution < 1.29 is 9.53 Å². The SMILES string of the molecule is COC1C(C)C(NC(=O)Cc2csc(-c3ccsc3)n2)C1(C)C. The van der Waals surface area contributed by atoms with Gasteiger partial charge in [-0.1, -0.05) is 20.8 Å². The van der Waals surface area contributed by atoms with Gasteiger partial charge in [0, 0.05) is 40.8 Å². The molecule has 4 nitrogen and oxygen atoms in total. The molecule has 0 spiro atoms. The van der Waals surface area contributed by atoms with Gasteiger partial charge in [0.05, 0.1) is 18.2 Å². The maximum Gasteiger partial charge on any atom is 0.226 e. The molecule has 3 unspecified atom stereocenters. The minimum atomic E-state index is -0.0340. The van der Waals surface area contributed by atoms with Gasteiger partial charge in [-0.3, -0.25) is 4.79 Å². The van der Waals surface area contributed by atoms with E-state index in [1.807, 2.05) is 10.8 Å². The lowest BCUT2D eigenvalue weighted by atomic mass is 9.58. The third-order valence-corrected chi connectivity index (χ3v) is 6.39. The highest BCUT2D eigenvalue weighted by Crippen LogP contribution is 2.46. The smallest absolute Gasteiger partial charge is 0.226 e. The first-order valence-electron chi connectivity index (χ1n) is 7.72. The van der Waals surface area contributed by atoms with E-state index in [1.54, 1.807) is 29.8 Å². The highest BCUT2D eigenvalue weighted by molar-refractivity contribution is 7.14. The Morgan fingerprint density at radius 2 is 2.22 bits per heavy atom. The van der Waals surface area contributed by atoms with Crippen LogP contribution in [0.1, 0.15) is 26.5 Å². The number of aromatic nitrogens is 1. The lowest BCUT2D eigenvalue weighted by Gasteiger charge is -2.56. The summed E-state index contributed by atoms with van der Waals surface area (Å²) in [6.07, 6.45) is 0.523. The van der Waals surface area contributed by atoms with Crippen LogP contribution in [-0.4, -0.2) is 30.1 Å². The number of ether oxygens (including phenoxy) is 1. The molecule has 0 aromatic carbocycles. The van der Waals surface area contributed by atoms with Gasteiger partial charge in [0.2, 0.25) is 5.91 Å². The predicted molar refractivity (Wildman–Crippen MR) is 94.8 cm³/mol. The molecule has 1 saturated carbocycles. The normalized spacial score (nSPS) is 25.8. The maximum atomic E-state index is 12.4. The van der Waals surface area contributed by atoms with Crippen LogP contribution in [0.4, 0.5) is 0 Å². The summed E-state index contributed by atoms with van der Waals surface area (Å²) in [6.45, 7) is 6.41. The van der Waals surface area contributed by atoms with Crippen molar-refractivity contribution in [2.75, 3.05) is 7.11 Å². The lowest BCUT2D eigenvalue weighted by Crippen LogP contribution is -2.68. The van der Waals surface area contributed by atoms with E-state index in [9.17, 15) is 4.79 Å². The van der Waals surface area contributed by atoms with Crippen LogP contribution in [0.25, 0.3) is 10.6 Å². The minimum absolute atomic E-state index is 0.0339. The summed E-state index contributed by atoms with van der Waals surface area (Å²) >= 11 is 3.24. The highest BCUT2D eigenvalue weighted by atomic mass is 32.1. The van der Waals surface area contributed by atoms with E-state index >= 15 is 0 Å². The second kappa shape index (κ2) is 6.34. The van der Waals surface area contributed by atoms with Gasteiger partial charge in [-0.2, -0.15) is 11.3 Å². The van der Waals surface area contributed by atoms with Crippen molar-refractivity contribution in [2.45, 2.75) is 39.3 Å². The number of carbonyl (C=O) groups excluding carboxylic acids is 1. The summed E-state index contributed by atoms with van der Waals surface area (Å²) in [5, 5.41) is 10.2. The molecular weight excluding hydrogens is 328 g/mol. The zero-order valence-corrected chi connectivity index (χ0v) is 15.5. The van der Waals surface area contributed by atoms with Gasteiger partial charge in [0.1, 0.15) is 5.01 Å². The second-order valence-electron chi connectivity index (χ2n) is 6.71. The number of hydrogen-bond acceptors (Lipinski definition) is 5. The monoisotopic (exact) mass is 350 g/mol. The molecule has 3 atom stereocenters.